The molecule has 4 rings (SSSR count). The molecule has 4 heterocycles. The molecule has 3 aromatic heterocycles. The maximum absolute atomic E-state index is 12.6. The zero-order chi connectivity index (χ0) is 20.4. The van der Waals surface area contributed by atoms with Crippen molar-refractivity contribution in [3.8, 4) is 11.4 Å². The van der Waals surface area contributed by atoms with Crippen molar-refractivity contribution in [1.82, 2.24) is 25.0 Å². The van der Waals surface area contributed by atoms with Gasteiger partial charge in [-0.25, -0.2) is 4.98 Å². The van der Waals surface area contributed by atoms with Crippen LogP contribution in [0, 0.1) is 0 Å². The van der Waals surface area contributed by atoms with Gasteiger partial charge in [0.15, 0.2) is 0 Å². The number of nitrogens with zero attached hydrogens (tertiary/aromatic N) is 6. The number of pyridine rings is 2. The molecule has 0 atom stereocenters. The second kappa shape index (κ2) is 7.49. The minimum absolute atomic E-state index is 0.0707. The van der Waals surface area contributed by atoms with Crippen LogP contribution in [0.4, 0.5) is 19.0 Å². The van der Waals surface area contributed by atoms with Crippen LogP contribution in [0.1, 0.15) is 16.2 Å². The third kappa shape index (κ3) is 4.03. The normalized spacial score (nSPS) is 14.9. The van der Waals surface area contributed by atoms with Crippen LogP contribution in [0.15, 0.2) is 47.4 Å². The molecule has 0 aliphatic carbocycles. The first-order valence-corrected chi connectivity index (χ1v) is 8.73. The van der Waals surface area contributed by atoms with Gasteiger partial charge in [-0.05, 0) is 24.3 Å². The van der Waals surface area contributed by atoms with Gasteiger partial charge in [-0.2, -0.15) is 18.2 Å². The number of aromatic nitrogens is 4. The summed E-state index contributed by atoms with van der Waals surface area (Å²) in [6.45, 7) is 2.21. The van der Waals surface area contributed by atoms with E-state index in [0.717, 1.165) is 0 Å². The second-order valence-corrected chi connectivity index (χ2v) is 6.35. The van der Waals surface area contributed by atoms with E-state index in [1.807, 2.05) is 4.90 Å². The van der Waals surface area contributed by atoms with Gasteiger partial charge in [-0.3, -0.25) is 9.78 Å². The summed E-state index contributed by atoms with van der Waals surface area (Å²) in [7, 11) is 0. The van der Waals surface area contributed by atoms with E-state index < -0.39 is 12.1 Å². The molecule has 0 radical (unpaired) electrons. The summed E-state index contributed by atoms with van der Waals surface area (Å²) in [5.41, 5.74) is 0.861. The van der Waals surface area contributed by atoms with Crippen LogP contribution in [0.5, 0.6) is 0 Å². The molecule has 1 saturated heterocycles. The van der Waals surface area contributed by atoms with Crippen LogP contribution in [0.2, 0.25) is 0 Å². The molecule has 8 nitrogen and oxygen atoms in total. The molecule has 3 aromatic rings. The summed E-state index contributed by atoms with van der Waals surface area (Å²) >= 11 is 0. The molecule has 1 amide bonds. The molecule has 29 heavy (non-hydrogen) atoms. The molecule has 0 N–H and O–H groups in total. The van der Waals surface area contributed by atoms with Crippen LogP contribution < -0.4 is 4.90 Å². The molecule has 1 fully saturated rings. The number of piperazine rings is 1. The first-order valence-electron chi connectivity index (χ1n) is 8.73. The Morgan fingerprint density at radius 2 is 1.86 bits per heavy atom. The van der Waals surface area contributed by atoms with Crippen LogP contribution >= 0.6 is 0 Å². The van der Waals surface area contributed by atoms with Crippen molar-refractivity contribution in [2.24, 2.45) is 0 Å². The summed E-state index contributed by atoms with van der Waals surface area (Å²) in [6, 6.07) is 6.71. The molecule has 150 valence electrons. The van der Waals surface area contributed by atoms with Crippen LogP contribution in [-0.4, -0.2) is 57.1 Å². The van der Waals surface area contributed by atoms with Gasteiger partial charge >= 0.3 is 12.1 Å². The average molecular weight is 404 g/mol. The Morgan fingerprint density at radius 1 is 1.07 bits per heavy atom. The maximum atomic E-state index is 12.6. The summed E-state index contributed by atoms with van der Waals surface area (Å²) in [6.07, 6.45) is -0.140. The Kier molecular flexibility index (Phi) is 4.87. The van der Waals surface area contributed by atoms with Crippen molar-refractivity contribution < 1.29 is 22.5 Å². The van der Waals surface area contributed by atoms with Crippen molar-refractivity contribution >= 4 is 11.7 Å². The molecular weight excluding hydrogens is 389 g/mol. The molecule has 0 bridgehead atoms. The van der Waals surface area contributed by atoms with Crippen LogP contribution in [0.3, 0.4) is 0 Å². The lowest BCUT2D eigenvalue weighted by molar-refractivity contribution is -0.159. The van der Waals surface area contributed by atoms with E-state index >= 15 is 0 Å². The van der Waals surface area contributed by atoms with Crippen molar-refractivity contribution in [3.63, 3.8) is 0 Å². The summed E-state index contributed by atoms with van der Waals surface area (Å²) in [5.74, 6) is -0.991. The second-order valence-electron chi connectivity index (χ2n) is 6.35. The lowest BCUT2D eigenvalue weighted by Crippen LogP contribution is -2.49. The van der Waals surface area contributed by atoms with E-state index in [9.17, 15) is 18.0 Å². The fraction of sp³-hybridized carbons (Fsp3) is 0.278. The highest BCUT2D eigenvalue weighted by Crippen LogP contribution is 2.29. The lowest BCUT2D eigenvalue weighted by Gasteiger charge is -2.35. The van der Waals surface area contributed by atoms with Gasteiger partial charge in [0.25, 0.3) is 5.91 Å². The number of rotatable bonds is 3. The largest absolute Gasteiger partial charge is 0.471 e. The van der Waals surface area contributed by atoms with E-state index in [4.69, 9.17) is 0 Å². The minimum Gasteiger partial charge on any atom is -0.353 e. The minimum atomic E-state index is -4.69. The molecule has 0 spiro atoms. The number of alkyl halides is 3. The standard InChI is InChI=1S/C18H15F3N6O2/c19-18(20,21)17-24-15(25-29-17)12-3-4-14(23-11-12)26-6-8-27(9-7-26)16(28)13-2-1-5-22-10-13/h1-5,10-11H,6-9H2. The highest BCUT2D eigenvalue weighted by atomic mass is 19.4. The van der Waals surface area contributed by atoms with Gasteiger partial charge in [0.2, 0.25) is 5.82 Å². The van der Waals surface area contributed by atoms with E-state index in [1.165, 1.54) is 12.4 Å². The van der Waals surface area contributed by atoms with Crippen molar-refractivity contribution in [3.05, 3.63) is 54.3 Å². The van der Waals surface area contributed by atoms with E-state index in [1.54, 1.807) is 35.4 Å². The third-order valence-electron chi connectivity index (χ3n) is 4.47. The number of hydrogen-bond donors (Lipinski definition) is 0. The highest BCUT2D eigenvalue weighted by Gasteiger charge is 2.38. The van der Waals surface area contributed by atoms with Crippen molar-refractivity contribution in [2.45, 2.75) is 6.18 Å². The van der Waals surface area contributed by atoms with E-state index in [2.05, 4.69) is 24.6 Å². The van der Waals surface area contributed by atoms with Crippen molar-refractivity contribution in [1.29, 1.82) is 0 Å². The topological polar surface area (TPSA) is 88.3 Å². The Hall–Kier alpha value is -3.50. The Bertz CT molecular complexity index is 983. The fourth-order valence-corrected chi connectivity index (χ4v) is 2.97. The molecular formula is C18H15F3N6O2. The number of anilines is 1. The summed E-state index contributed by atoms with van der Waals surface area (Å²) in [5, 5.41) is 3.34. The lowest BCUT2D eigenvalue weighted by atomic mass is 10.2. The summed E-state index contributed by atoms with van der Waals surface area (Å²) in [4.78, 5) is 27.8. The van der Waals surface area contributed by atoms with Gasteiger partial charge in [0.1, 0.15) is 5.82 Å². The number of amides is 1. The molecule has 1 aliphatic heterocycles. The predicted molar refractivity (Wildman–Crippen MR) is 94.9 cm³/mol. The quantitative estimate of drug-likeness (QED) is 0.663. The van der Waals surface area contributed by atoms with Gasteiger partial charge in [-0.15, -0.1) is 0 Å². The van der Waals surface area contributed by atoms with Gasteiger partial charge in [-0.1, -0.05) is 5.16 Å². The SMILES string of the molecule is O=C(c1cccnc1)N1CCN(c2ccc(-c3noc(C(F)(F)F)n3)cn2)CC1. The number of hydrogen-bond acceptors (Lipinski definition) is 7. The number of carbonyl (C=O) groups is 1. The number of halogens is 3. The Balaban J connectivity index is 1.39. The van der Waals surface area contributed by atoms with Crippen molar-refractivity contribution in [2.75, 3.05) is 31.1 Å². The number of carbonyl (C=O) groups excluding carboxylic acids is 1. The highest BCUT2D eigenvalue weighted by molar-refractivity contribution is 5.94. The monoisotopic (exact) mass is 404 g/mol. The average Bonchev–Trinajstić information content (AvgIpc) is 3.25. The summed E-state index contributed by atoms with van der Waals surface area (Å²) < 4.78 is 41.9. The molecule has 0 aromatic carbocycles. The van der Waals surface area contributed by atoms with Crippen LogP contribution in [-0.2, 0) is 6.18 Å². The molecule has 11 heteroatoms. The van der Waals surface area contributed by atoms with Crippen LogP contribution in [0.25, 0.3) is 11.4 Å². The smallest absolute Gasteiger partial charge is 0.353 e. The van der Waals surface area contributed by atoms with E-state index in [-0.39, 0.29) is 11.7 Å². The Morgan fingerprint density at radius 3 is 2.45 bits per heavy atom. The Labute approximate surface area is 163 Å². The zero-order valence-electron chi connectivity index (χ0n) is 15.0. The molecule has 0 unspecified atom stereocenters. The first kappa shape index (κ1) is 18.8. The predicted octanol–water partition coefficient (Wildman–Crippen LogP) is 2.51. The van der Waals surface area contributed by atoms with Gasteiger partial charge in [0.05, 0.1) is 5.56 Å². The maximum Gasteiger partial charge on any atom is 0.471 e. The van der Waals surface area contributed by atoms with Gasteiger partial charge < -0.3 is 14.3 Å². The zero-order valence-corrected chi connectivity index (χ0v) is 15.0. The van der Waals surface area contributed by atoms with E-state index in [0.29, 0.717) is 43.1 Å². The third-order valence-corrected chi connectivity index (χ3v) is 4.47. The fourth-order valence-electron chi connectivity index (χ4n) is 2.97. The first-order chi connectivity index (χ1) is 13.9. The molecule has 0 saturated carbocycles. The van der Waals surface area contributed by atoms with Gasteiger partial charge in [0, 0.05) is 50.3 Å². The molecule has 1 aliphatic rings.